The van der Waals surface area contributed by atoms with Crippen LogP contribution >= 0.6 is 7.92 Å². The van der Waals surface area contributed by atoms with E-state index in [-0.39, 0.29) is 43.5 Å². The Labute approximate surface area is 154 Å². The van der Waals surface area contributed by atoms with Crippen LogP contribution in [0.1, 0.15) is 0 Å². The van der Waals surface area contributed by atoms with Crippen molar-refractivity contribution in [1.29, 1.82) is 0 Å². The summed E-state index contributed by atoms with van der Waals surface area (Å²) in [6.45, 7) is 2.36. The molecule has 0 saturated heterocycles. The largest absolute Gasteiger partial charge is 4.00 e. The van der Waals surface area contributed by atoms with Gasteiger partial charge in [-0.25, -0.2) is 0 Å². The average molecular weight is 404 g/mol. The second kappa shape index (κ2) is 8.09. The molecule has 0 N–H and O–H groups in total. The maximum absolute atomic E-state index is 2.36. The van der Waals surface area contributed by atoms with Gasteiger partial charge in [0.05, 0.1) is 0 Å². The Morgan fingerprint density at radius 3 is 1.48 bits per heavy atom. The van der Waals surface area contributed by atoms with Crippen LogP contribution in [0, 0.1) is 0 Å². The molecule has 0 fully saturated rings. The Morgan fingerprint density at radius 2 is 1.09 bits per heavy atom. The first-order chi connectivity index (χ1) is 9.81. The van der Waals surface area contributed by atoms with Crippen molar-refractivity contribution in [3.63, 3.8) is 0 Å². The Balaban J connectivity index is 0.000000882. The first-order valence-electron chi connectivity index (χ1n) is 6.86. The Morgan fingerprint density at radius 1 is 0.696 bits per heavy atom. The molecule has 23 heavy (non-hydrogen) atoms. The zero-order valence-corrected chi connectivity index (χ0v) is 16.0. The van der Waals surface area contributed by atoms with Crippen molar-refractivity contribution in [2.75, 3.05) is 6.66 Å². The SMILES string of the molecule is CP(c1cc2ccccc2[cH-]1)c1cc2ccccc2[cH-]1.[F-].[F-].[Zr+4]. The van der Waals surface area contributed by atoms with E-state index in [1.165, 1.54) is 32.2 Å². The van der Waals surface area contributed by atoms with Crippen LogP contribution in [-0.4, -0.2) is 6.66 Å². The van der Waals surface area contributed by atoms with Gasteiger partial charge in [-0.2, -0.15) is 12.1 Å². The Hall–Kier alpha value is -1.17. The van der Waals surface area contributed by atoms with E-state index in [0.29, 0.717) is 0 Å². The van der Waals surface area contributed by atoms with E-state index in [1.54, 1.807) is 0 Å². The number of hydrogen-bond donors (Lipinski definition) is 0. The first kappa shape index (κ1) is 19.9. The minimum Gasteiger partial charge on any atom is -1.00 e. The third-order valence-electron chi connectivity index (χ3n) is 3.98. The van der Waals surface area contributed by atoms with Crippen LogP contribution in [0.4, 0.5) is 0 Å². The fourth-order valence-corrected chi connectivity index (χ4v) is 4.43. The molecule has 0 radical (unpaired) electrons. The zero-order valence-electron chi connectivity index (χ0n) is 12.6. The summed E-state index contributed by atoms with van der Waals surface area (Å²) in [5.41, 5.74) is 0. The summed E-state index contributed by atoms with van der Waals surface area (Å²) in [7, 11) is -0.264. The van der Waals surface area contributed by atoms with Gasteiger partial charge in [-0.1, -0.05) is 20.1 Å². The summed E-state index contributed by atoms with van der Waals surface area (Å²) < 4.78 is 0. The van der Waals surface area contributed by atoms with Crippen LogP contribution < -0.4 is 20.0 Å². The predicted octanol–water partition coefficient (Wildman–Crippen LogP) is -1.50. The fraction of sp³-hybridized carbons (Fsp3) is 0.0526. The van der Waals surface area contributed by atoms with Gasteiger partial charge < -0.3 is 9.41 Å². The van der Waals surface area contributed by atoms with Gasteiger partial charge in [0.25, 0.3) is 0 Å². The van der Waals surface area contributed by atoms with Gasteiger partial charge in [-0.3, -0.25) is 0 Å². The number of rotatable bonds is 2. The van der Waals surface area contributed by atoms with E-state index in [4.69, 9.17) is 0 Å². The standard InChI is InChI=1S/C19H15P.2FH.Zr/c1-20(18-10-14-6-2-3-7-15(14)11-18)19-12-16-8-4-5-9-17(16)13-19;;;/h2-13H,1H3;2*1H;/q-2;;;+4/p-2. The topological polar surface area (TPSA) is 0 Å². The molecule has 4 heteroatoms. The molecular weight excluding hydrogens is 388 g/mol. The van der Waals surface area contributed by atoms with Gasteiger partial charge in [0, 0.05) is 0 Å². The quantitative estimate of drug-likeness (QED) is 0.282. The normalized spacial score (nSPS) is 10.2. The minimum absolute atomic E-state index is 0. The molecule has 4 rings (SSSR count). The summed E-state index contributed by atoms with van der Waals surface area (Å²) in [4.78, 5) is 0. The van der Waals surface area contributed by atoms with Crippen LogP contribution in [0.15, 0.2) is 72.8 Å². The molecule has 4 aromatic carbocycles. The Kier molecular flexibility index (Phi) is 6.99. The van der Waals surface area contributed by atoms with E-state index < -0.39 is 0 Å². The number of fused-ring (bicyclic) bond motifs is 2. The molecule has 0 nitrogen and oxygen atoms in total. The smallest absolute Gasteiger partial charge is 1.00 e. The molecule has 0 saturated carbocycles. The first-order valence-corrected chi connectivity index (χ1v) is 8.65. The second-order valence-corrected chi connectivity index (χ2v) is 7.39. The van der Waals surface area contributed by atoms with Gasteiger partial charge in [0.1, 0.15) is 0 Å². The van der Waals surface area contributed by atoms with Crippen molar-refractivity contribution >= 4 is 40.1 Å². The van der Waals surface area contributed by atoms with Crippen LogP contribution in [0.3, 0.4) is 0 Å². The van der Waals surface area contributed by atoms with Gasteiger partial charge in [-0.15, -0.1) is 80.7 Å². The molecule has 0 bridgehead atoms. The van der Waals surface area contributed by atoms with Crippen molar-refractivity contribution < 1.29 is 35.6 Å². The number of halogens is 2. The van der Waals surface area contributed by atoms with E-state index in [2.05, 4.69) is 79.5 Å². The molecule has 4 aromatic rings. The molecule has 0 unspecified atom stereocenters. The molecule has 0 aliphatic heterocycles. The van der Waals surface area contributed by atoms with Crippen molar-refractivity contribution in [1.82, 2.24) is 0 Å². The number of hydrogen-bond acceptors (Lipinski definition) is 0. The van der Waals surface area contributed by atoms with E-state index in [0.717, 1.165) is 0 Å². The maximum atomic E-state index is 2.36. The third-order valence-corrected chi connectivity index (χ3v) is 6.05. The van der Waals surface area contributed by atoms with E-state index in [9.17, 15) is 0 Å². The molecule has 114 valence electrons. The molecule has 0 aromatic heterocycles. The molecule has 0 atom stereocenters. The zero-order chi connectivity index (χ0) is 13.5. The summed E-state index contributed by atoms with van der Waals surface area (Å²) in [6, 6.07) is 26.6. The van der Waals surface area contributed by atoms with Gasteiger partial charge in [-0.05, 0) is 6.66 Å². The van der Waals surface area contributed by atoms with Crippen LogP contribution in [0.5, 0.6) is 0 Å². The van der Waals surface area contributed by atoms with E-state index in [1.807, 2.05) is 0 Å². The van der Waals surface area contributed by atoms with Crippen molar-refractivity contribution in [2.45, 2.75) is 0 Å². The molecular formula is C19H15F2PZr. The summed E-state index contributed by atoms with van der Waals surface area (Å²) in [5, 5.41) is 8.36. The minimum atomic E-state index is -0.264. The molecule has 0 aliphatic carbocycles. The molecule has 0 aliphatic rings. The predicted molar refractivity (Wildman–Crippen MR) is 91.2 cm³/mol. The van der Waals surface area contributed by atoms with Gasteiger partial charge >= 0.3 is 26.2 Å². The van der Waals surface area contributed by atoms with Gasteiger partial charge in [0.2, 0.25) is 0 Å². The third kappa shape index (κ3) is 3.68. The molecule has 0 amide bonds. The summed E-state index contributed by atoms with van der Waals surface area (Å²) in [6.07, 6.45) is 0. The van der Waals surface area contributed by atoms with Crippen molar-refractivity contribution in [3.05, 3.63) is 72.8 Å². The molecule has 0 spiro atoms. The van der Waals surface area contributed by atoms with E-state index >= 15 is 0 Å². The Bertz CT molecular complexity index is 754. The van der Waals surface area contributed by atoms with Crippen LogP contribution in [0.2, 0.25) is 0 Å². The summed E-state index contributed by atoms with van der Waals surface area (Å²) >= 11 is 0. The van der Waals surface area contributed by atoms with Crippen molar-refractivity contribution in [2.24, 2.45) is 0 Å². The van der Waals surface area contributed by atoms with Crippen LogP contribution in [-0.2, 0) is 26.2 Å². The van der Waals surface area contributed by atoms with Gasteiger partial charge in [0.15, 0.2) is 0 Å². The van der Waals surface area contributed by atoms with Crippen LogP contribution in [0.25, 0.3) is 21.5 Å². The summed E-state index contributed by atoms with van der Waals surface area (Å²) in [5.74, 6) is 0. The molecule has 0 heterocycles. The fourth-order valence-electron chi connectivity index (χ4n) is 2.80. The number of benzene rings is 2. The second-order valence-electron chi connectivity index (χ2n) is 5.24. The van der Waals surface area contributed by atoms with Crippen molar-refractivity contribution in [3.8, 4) is 0 Å². The monoisotopic (exact) mass is 402 g/mol. The average Bonchev–Trinajstić information content (AvgIpc) is 3.10. The maximum Gasteiger partial charge on any atom is 4.00 e.